The molecule has 0 radical (unpaired) electrons. The van der Waals surface area contributed by atoms with Crippen LogP contribution < -0.4 is 5.32 Å². The monoisotopic (exact) mass is 312 g/mol. The highest BCUT2D eigenvalue weighted by molar-refractivity contribution is 6.12. The molecule has 0 atom stereocenters. The average Bonchev–Trinajstić information content (AvgIpc) is 2.67. The van der Waals surface area contributed by atoms with E-state index in [1.54, 1.807) is 12.1 Å². The van der Waals surface area contributed by atoms with Crippen molar-refractivity contribution in [3.63, 3.8) is 0 Å². The summed E-state index contributed by atoms with van der Waals surface area (Å²) in [6, 6.07) is 26.3. The van der Waals surface area contributed by atoms with Crippen molar-refractivity contribution in [3.8, 4) is 6.07 Å². The minimum absolute atomic E-state index is 0.00136. The molecular weight excluding hydrogens is 296 g/mol. The molecular formula is C21H16N2O. The molecule has 0 saturated heterocycles. The maximum absolute atomic E-state index is 12.7. The van der Waals surface area contributed by atoms with Crippen molar-refractivity contribution in [3.05, 3.63) is 101 Å². The minimum atomic E-state index is -0.00136. The molecule has 3 rings (SSSR count). The molecule has 0 saturated carbocycles. The SMILES string of the molecule is N#Cc1ccc(CNc2ccccc2C(=O)c2ccccc2)cc1. The molecule has 1 N–H and O–H groups in total. The Morgan fingerprint density at radius 1 is 0.875 bits per heavy atom. The molecule has 3 aromatic rings. The molecule has 0 heterocycles. The fourth-order valence-electron chi connectivity index (χ4n) is 2.47. The fourth-order valence-corrected chi connectivity index (χ4v) is 2.47. The van der Waals surface area contributed by atoms with Gasteiger partial charge in [0.05, 0.1) is 11.6 Å². The van der Waals surface area contributed by atoms with E-state index >= 15 is 0 Å². The Morgan fingerprint density at radius 2 is 1.54 bits per heavy atom. The molecule has 116 valence electrons. The van der Waals surface area contributed by atoms with E-state index in [1.807, 2.05) is 66.7 Å². The topological polar surface area (TPSA) is 52.9 Å². The third-order valence-corrected chi connectivity index (χ3v) is 3.77. The Balaban J connectivity index is 1.79. The van der Waals surface area contributed by atoms with Crippen molar-refractivity contribution in [2.45, 2.75) is 6.54 Å². The van der Waals surface area contributed by atoms with Crippen LogP contribution in [0.4, 0.5) is 5.69 Å². The molecule has 0 aliphatic heterocycles. The first-order chi connectivity index (χ1) is 11.8. The van der Waals surface area contributed by atoms with Crippen LogP contribution in [0.3, 0.4) is 0 Å². The standard InChI is InChI=1S/C21H16N2O/c22-14-16-10-12-17(13-11-16)15-23-20-9-5-4-8-19(20)21(24)18-6-2-1-3-7-18/h1-13,23H,15H2. The third kappa shape index (κ3) is 3.50. The summed E-state index contributed by atoms with van der Waals surface area (Å²) in [6.45, 7) is 0.588. The molecule has 0 aliphatic rings. The zero-order valence-corrected chi connectivity index (χ0v) is 13.1. The van der Waals surface area contributed by atoms with Gasteiger partial charge in [0, 0.05) is 23.4 Å². The van der Waals surface area contributed by atoms with Crippen LogP contribution >= 0.6 is 0 Å². The Kier molecular flexibility index (Phi) is 4.69. The molecule has 3 aromatic carbocycles. The van der Waals surface area contributed by atoms with Gasteiger partial charge in [-0.25, -0.2) is 0 Å². The predicted octanol–water partition coefficient (Wildman–Crippen LogP) is 4.40. The van der Waals surface area contributed by atoms with Crippen LogP contribution in [-0.2, 0) is 6.54 Å². The van der Waals surface area contributed by atoms with E-state index < -0.39 is 0 Å². The normalized spacial score (nSPS) is 9.96. The summed E-state index contributed by atoms with van der Waals surface area (Å²) in [7, 11) is 0. The number of ketones is 1. The summed E-state index contributed by atoms with van der Waals surface area (Å²) < 4.78 is 0. The second-order valence-electron chi connectivity index (χ2n) is 5.40. The van der Waals surface area contributed by atoms with Crippen LogP contribution in [0.1, 0.15) is 27.0 Å². The number of nitrogens with zero attached hydrogens (tertiary/aromatic N) is 1. The Bertz CT molecular complexity index is 878. The Morgan fingerprint density at radius 3 is 2.25 bits per heavy atom. The number of rotatable bonds is 5. The molecule has 0 unspecified atom stereocenters. The van der Waals surface area contributed by atoms with Crippen LogP contribution in [0, 0.1) is 11.3 Å². The van der Waals surface area contributed by atoms with Gasteiger partial charge in [0.1, 0.15) is 0 Å². The Hall–Kier alpha value is -3.38. The van der Waals surface area contributed by atoms with Crippen molar-refractivity contribution in [1.29, 1.82) is 5.26 Å². The number of hydrogen-bond donors (Lipinski definition) is 1. The molecule has 0 amide bonds. The lowest BCUT2D eigenvalue weighted by Crippen LogP contribution is -2.08. The van der Waals surface area contributed by atoms with E-state index in [1.165, 1.54) is 0 Å². The number of carbonyl (C=O) groups excluding carboxylic acids is 1. The van der Waals surface area contributed by atoms with Gasteiger partial charge in [-0.3, -0.25) is 4.79 Å². The second kappa shape index (κ2) is 7.26. The van der Waals surface area contributed by atoms with Crippen molar-refractivity contribution in [1.82, 2.24) is 0 Å². The van der Waals surface area contributed by atoms with E-state index in [0.717, 1.165) is 11.3 Å². The van der Waals surface area contributed by atoms with Gasteiger partial charge in [0.2, 0.25) is 0 Å². The van der Waals surface area contributed by atoms with Crippen LogP contribution in [0.15, 0.2) is 78.9 Å². The number of para-hydroxylation sites is 1. The van der Waals surface area contributed by atoms with E-state index in [4.69, 9.17) is 5.26 Å². The number of hydrogen-bond acceptors (Lipinski definition) is 3. The first-order valence-electron chi connectivity index (χ1n) is 7.69. The number of nitriles is 1. The largest absolute Gasteiger partial charge is 0.380 e. The second-order valence-corrected chi connectivity index (χ2v) is 5.40. The van der Waals surface area contributed by atoms with Crippen molar-refractivity contribution < 1.29 is 4.79 Å². The van der Waals surface area contributed by atoms with Crippen molar-refractivity contribution in [2.75, 3.05) is 5.32 Å². The van der Waals surface area contributed by atoms with Gasteiger partial charge in [-0.1, -0.05) is 54.6 Å². The fraction of sp³-hybridized carbons (Fsp3) is 0.0476. The lowest BCUT2D eigenvalue weighted by molar-refractivity contribution is 0.103. The average molecular weight is 312 g/mol. The Labute approximate surface area is 141 Å². The van der Waals surface area contributed by atoms with Crippen molar-refractivity contribution >= 4 is 11.5 Å². The van der Waals surface area contributed by atoms with Gasteiger partial charge < -0.3 is 5.32 Å². The zero-order valence-electron chi connectivity index (χ0n) is 13.1. The van der Waals surface area contributed by atoms with Crippen LogP contribution in [0.5, 0.6) is 0 Å². The smallest absolute Gasteiger partial charge is 0.195 e. The van der Waals surface area contributed by atoms with Crippen LogP contribution in [-0.4, -0.2) is 5.78 Å². The lowest BCUT2D eigenvalue weighted by atomic mass is 10.0. The number of anilines is 1. The summed E-state index contributed by atoms with van der Waals surface area (Å²) in [5.74, 6) is -0.00136. The highest BCUT2D eigenvalue weighted by Gasteiger charge is 2.12. The van der Waals surface area contributed by atoms with E-state index in [2.05, 4.69) is 11.4 Å². The van der Waals surface area contributed by atoms with E-state index in [0.29, 0.717) is 23.2 Å². The van der Waals surface area contributed by atoms with Gasteiger partial charge in [-0.05, 0) is 29.8 Å². The van der Waals surface area contributed by atoms with Crippen LogP contribution in [0.25, 0.3) is 0 Å². The quantitative estimate of drug-likeness (QED) is 0.710. The number of nitrogens with one attached hydrogen (secondary N) is 1. The van der Waals surface area contributed by atoms with Gasteiger partial charge in [-0.15, -0.1) is 0 Å². The van der Waals surface area contributed by atoms with E-state index in [9.17, 15) is 4.79 Å². The maximum atomic E-state index is 12.7. The summed E-state index contributed by atoms with van der Waals surface area (Å²) in [6.07, 6.45) is 0. The molecule has 0 spiro atoms. The molecule has 0 aliphatic carbocycles. The summed E-state index contributed by atoms with van der Waals surface area (Å²) in [5.41, 5.74) is 3.81. The molecule has 0 bridgehead atoms. The summed E-state index contributed by atoms with van der Waals surface area (Å²) >= 11 is 0. The highest BCUT2D eigenvalue weighted by atomic mass is 16.1. The molecule has 3 heteroatoms. The van der Waals surface area contributed by atoms with Gasteiger partial charge in [-0.2, -0.15) is 5.26 Å². The van der Waals surface area contributed by atoms with Gasteiger partial charge in [0.25, 0.3) is 0 Å². The number of carbonyl (C=O) groups is 1. The molecule has 0 fully saturated rings. The maximum Gasteiger partial charge on any atom is 0.195 e. The number of benzene rings is 3. The summed E-state index contributed by atoms with van der Waals surface area (Å²) in [5, 5.41) is 12.2. The van der Waals surface area contributed by atoms with Gasteiger partial charge in [0.15, 0.2) is 5.78 Å². The molecule has 0 aromatic heterocycles. The van der Waals surface area contributed by atoms with Crippen molar-refractivity contribution in [2.24, 2.45) is 0 Å². The first kappa shape index (κ1) is 15.5. The van der Waals surface area contributed by atoms with Gasteiger partial charge >= 0.3 is 0 Å². The first-order valence-corrected chi connectivity index (χ1v) is 7.69. The minimum Gasteiger partial charge on any atom is -0.380 e. The molecule has 24 heavy (non-hydrogen) atoms. The van der Waals surface area contributed by atoms with E-state index in [-0.39, 0.29) is 5.78 Å². The molecule has 3 nitrogen and oxygen atoms in total. The van der Waals surface area contributed by atoms with Crippen LogP contribution in [0.2, 0.25) is 0 Å². The lowest BCUT2D eigenvalue weighted by Gasteiger charge is -2.11. The third-order valence-electron chi connectivity index (χ3n) is 3.77. The zero-order chi connectivity index (χ0) is 16.8. The highest BCUT2D eigenvalue weighted by Crippen LogP contribution is 2.20. The summed E-state index contributed by atoms with van der Waals surface area (Å²) in [4.78, 5) is 12.7. The predicted molar refractivity (Wildman–Crippen MR) is 94.8 cm³/mol.